The van der Waals surface area contributed by atoms with Gasteiger partial charge in [0.25, 0.3) is 5.56 Å². The van der Waals surface area contributed by atoms with Gasteiger partial charge in [0, 0.05) is 44.4 Å². The number of halogens is 1. The van der Waals surface area contributed by atoms with Gasteiger partial charge in [-0.05, 0) is 24.5 Å². The van der Waals surface area contributed by atoms with Crippen LogP contribution in [0.1, 0.15) is 60.7 Å². The highest BCUT2D eigenvalue weighted by molar-refractivity contribution is 6.30. The smallest absolute Gasteiger partial charge is 0.255 e. The van der Waals surface area contributed by atoms with E-state index in [0.29, 0.717) is 17.5 Å². The Morgan fingerprint density at radius 3 is 2.88 bits per heavy atom. The zero-order chi connectivity index (χ0) is 17.2. The zero-order valence-corrected chi connectivity index (χ0v) is 15.1. The molecule has 0 aromatic carbocycles. The predicted molar refractivity (Wildman–Crippen MR) is 97.7 cm³/mol. The second-order valence-corrected chi connectivity index (χ2v) is 7.62. The number of H-pyrrole nitrogens is 1. The van der Waals surface area contributed by atoms with E-state index in [9.17, 15) is 4.79 Å². The zero-order valence-electron chi connectivity index (χ0n) is 14.3. The van der Waals surface area contributed by atoms with Gasteiger partial charge in [0.05, 0.1) is 16.3 Å². The monoisotopic (exact) mass is 358 g/mol. The van der Waals surface area contributed by atoms with Gasteiger partial charge in [-0.25, -0.2) is 4.98 Å². The summed E-state index contributed by atoms with van der Waals surface area (Å²) < 4.78 is 0. The molecule has 5 nitrogen and oxygen atoms in total. The van der Waals surface area contributed by atoms with Crippen LogP contribution in [0.15, 0.2) is 23.3 Å². The molecule has 1 N–H and O–H groups in total. The van der Waals surface area contributed by atoms with Crippen molar-refractivity contribution in [3.8, 4) is 0 Å². The Morgan fingerprint density at radius 1 is 1.24 bits per heavy atom. The Labute approximate surface area is 152 Å². The van der Waals surface area contributed by atoms with Gasteiger partial charge in [-0.3, -0.25) is 14.7 Å². The van der Waals surface area contributed by atoms with Crippen molar-refractivity contribution in [3.63, 3.8) is 0 Å². The standard InChI is InChI=1S/C19H23ClN4O/c20-15-8-13(9-21-10-15)11-24-7-6-17-16(12-24)19(25)23-18(22-17)14-4-2-1-3-5-14/h8-10,14H,1-7,11-12H2,(H,22,23,25). The average Bonchev–Trinajstić information content (AvgIpc) is 2.63. The third-order valence-corrected chi connectivity index (χ3v) is 5.53. The van der Waals surface area contributed by atoms with Gasteiger partial charge in [0.2, 0.25) is 0 Å². The molecule has 1 aliphatic heterocycles. The van der Waals surface area contributed by atoms with Crippen molar-refractivity contribution in [2.24, 2.45) is 0 Å². The van der Waals surface area contributed by atoms with Crippen LogP contribution in [0.5, 0.6) is 0 Å². The van der Waals surface area contributed by atoms with Crippen LogP contribution in [0.3, 0.4) is 0 Å². The maximum absolute atomic E-state index is 12.6. The fourth-order valence-corrected chi connectivity index (χ4v) is 4.20. The fourth-order valence-electron chi connectivity index (χ4n) is 4.01. The normalized spacial score (nSPS) is 18.9. The van der Waals surface area contributed by atoms with Crippen molar-refractivity contribution in [2.75, 3.05) is 6.54 Å². The van der Waals surface area contributed by atoms with Crippen LogP contribution in [0.2, 0.25) is 5.02 Å². The quantitative estimate of drug-likeness (QED) is 0.913. The van der Waals surface area contributed by atoms with Crippen LogP contribution in [0, 0.1) is 0 Å². The van der Waals surface area contributed by atoms with Crippen molar-refractivity contribution in [1.29, 1.82) is 0 Å². The fraction of sp³-hybridized carbons (Fsp3) is 0.526. The Kier molecular flexibility index (Phi) is 4.86. The first-order chi connectivity index (χ1) is 12.2. The molecule has 0 unspecified atom stereocenters. The lowest BCUT2D eigenvalue weighted by Gasteiger charge is -2.28. The highest BCUT2D eigenvalue weighted by atomic mass is 35.5. The molecule has 2 aromatic heterocycles. The SMILES string of the molecule is O=c1[nH]c(C2CCCCC2)nc2c1CN(Cc1cncc(Cl)c1)CC2. The molecule has 2 aromatic rings. The van der Waals surface area contributed by atoms with Gasteiger partial charge in [0.1, 0.15) is 5.82 Å². The molecule has 1 saturated carbocycles. The number of nitrogens with one attached hydrogen (secondary N) is 1. The summed E-state index contributed by atoms with van der Waals surface area (Å²) in [5.74, 6) is 1.35. The summed E-state index contributed by atoms with van der Waals surface area (Å²) in [5, 5.41) is 0.645. The van der Waals surface area contributed by atoms with Gasteiger partial charge >= 0.3 is 0 Å². The minimum atomic E-state index is 0.0412. The lowest BCUT2D eigenvalue weighted by Crippen LogP contribution is -2.36. The molecule has 0 saturated heterocycles. The maximum Gasteiger partial charge on any atom is 0.255 e. The Bertz CT molecular complexity index is 813. The summed E-state index contributed by atoms with van der Waals surface area (Å²) in [7, 11) is 0. The number of rotatable bonds is 3. The number of nitrogens with zero attached hydrogens (tertiary/aromatic N) is 3. The van der Waals surface area contributed by atoms with Crippen LogP contribution < -0.4 is 5.56 Å². The molecule has 0 radical (unpaired) electrons. The number of pyridine rings is 1. The van der Waals surface area contributed by atoms with Crippen LogP contribution in [-0.4, -0.2) is 26.4 Å². The van der Waals surface area contributed by atoms with Crippen molar-refractivity contribution in [2.45, 2.75) is 57.5 Å². The third-order valence-electron chi connectivity index (χ3n) is 5.33. The lowest BCUT2D eigenvalue weighted by molar-refractivity contribution is 0.240. The number of fused-ring (bicyclic) bond motifs is 1. The minimum absolute atomic E-state index is 0.0412. The van der Waals surface area contributed by atoms with Gasteiger partial charge < -0.3 is 4.98 Å². The molecule has 0 bridgehead atoms. The van der Waals surface area contributed by atoms with Gasteiger partial charge in [-0.15, -0.1) is 0 Å². The van der Waals surface area contributed by atoms with E-state index in [1.165, 1.54) is 19.3 Å². The van der Waals surface area contributed by atoms with E-state index >= 15 is 0 Å². The molecule has 0 atom stereocenters. The minimum Gasteiger partial charge on any atom is -0.310 e. The van der Waals surface area contributed by atoms with E-state index in [1.54, 1.807) is 6.20 Å². The van der Waals surface area contributed by atoms with E-state index in [-0.39, 0.29) is 5.56 Å². The largest absolute Gasteiger partial charge is 0.310 e. The van der Waals surface area contributed by atoms with Crippen LogP contribution in [-0.2, 0) is 19.5 Å². The van der Waals surface area contributed by atoms with Crippen molar-refractivity contribution in [1.82, 2.24) is 19.9 Å². The highest BCUT2D eigenvalue weighted by Crippen LogP contribution is 2.30. The molecule has 0 spiro atoms. The molecule has 4 rings (SSSR count). The van der Waals surface area contributed by atoms with E-state index in [2.05, 4.69) is 14.9 Å². The molecule has 6 heteroatoms. The van der Waals surface area contributed by atoms with E-state index < -0.39 is 0 Å². The molecular weight excluding hydrogens is 336 g/mol. The van der Waals surface area contributed by atoms with Crippen LogP contribution in [0.25, 0.3) is 0 Å². The van der Waals surface area contributed by atoms with Crippen molar-refractivity contribution in [3.05, 3.63) is 56.5 Å². The first-order valence-corrected chi connectivity index (χ1v) is 9.50. The van der Waals surface area contributed by atoms with Gasteiger partial charge in [0.15, 0.2) is 0 Å². The molecule has 132 valence electrons. The summed E-state index contributed by atoms with van der Waals surface area (Å²) >= 11 is 6.01. The number of hydrogen-bond acceptors (Lipinski definition) is 4. The molecule has 1 aliphatic carbocycles. The number of hydrogen-bond donors (Lipinski definition) is 1. The Hall–Kier alpha value is -1.72. The van der Waals surface area contributed by atoms with Crippen molar-refractivity contribution >= 4 is 11.6 Å². The second-order valence-electron chi connectivity index (χ2n) is 7.18. The molecule has 3 heterocycles. The molecular formula is C19H23ClN4O. The molecule has 1 fully saturated rings. The summed E-state index contributed by atoms with van der Waals surface area (Å²) in [6.07, 6.45) is 10.4. The second kappa shape index (κ2) is 7.26. The molecule has 0 amide bonds. The topological polar surface area (TPSA) is 61.9 Å². The van der Waals surface area contributed by atoms with Crippen LogP contribution >= 0.6 is 11.6 Å². The van der Waals surface area contributed by atoms with E-state index in [4.69, 9.17) is 16.6 Å². The van der Waals surface area contributed by atoms with E-state index in [0.717, 1.165) is 55.0 Å². The first kappa shape index (κ1) is 16.7. The lowest BCUT2D eigenvalue weighted by atomic mass is 9.88. The molecule has 2 aliphatic rings. The molecule has 25 heavy (non-hydrogen) atoms. The summed E-state index contributed by atoms with van der Waals surface area (Å²) in [5.41, 5.74) is 2.92. The third kappa shape index (κ3) is 3.77. The Morgan fingerprint density at radius 2 is 2.08 bits per heavy atom. The van der Waals surface area contributed by atoms with Gasteiger partial charge in [-0.1, -0.05) is 30.9 Å². The summed E-state index contributed by atoms with van der Waals surface area (Å²) in [4.78, 5) is 26.9. The highest BCUT2D eigenvalue weighted by Gasteiger charge is 2.24. The van der Waals surface area contributed by atoms with Crippen molar-refractivity contribution < 1.29 is 0 Å². The maximum atomic E-state index is 12.6. The van der Waals surface area contributed by atoms with Gasteiger partial charge in [-0.2, -0.15) is 0 Å². The first-order valence-electron chi connectivity index (χ1n) is 9.13. The van der Waals surface area contributed by atoms with E-state index in [1.807, 2.05) is 12.3 Å². The summed E-state index contributed by atoms with van der Waals surface area (Å²) in [6, 6.07) is 1.93. The average molecular weight is 359 g/mol. The predicted octanol–water partition coefficient (Wildman–Crippen LogP) is 3.42. The number of aromatic nitrogens is 3. The number of aromatic amines is 1. The van der Waals surface area contributed by atoms with Crippen LogP contribution in [0.4, 0.5) is 0 Å². The Balaban J connectivity index is 1.52. The summed E-state index contributed by atoms with van der Waals surface area (Å²) in [6.45, 7) is 2.28.